The molecule has 3 rings (SSSR count). The van der Waals surface area contributed by atoms with Gasteiger partial charge in [0.25, 0.3) is 10.0 Å². The highest BCUT2D eigenvalue weighted by Gasteiger charge is 2.44. The third-order valence-electron chi connectivity index (χ3n) is 4.68. The summed E-state index contributed by atoms with van der Waals surface area (Å²) in [4.78, 5) is 11.7. The Morgan fingerprint density at radius 2 is 1.92 bits per heavy atom. The first-order chi connectivity index (χ1) is 11.8. The number of halogens is 1. The number of rotatable bonds is 4. The van der Waals surface area contributed by atoms with Gasteiger partial charge in [0.15, 0.2) is 0 Å². The molecule has 0 radical (unpaired) electrons. The maximum Gasteiger partial charge on any atom is 0.308 e. The Labute approximate surface area is 159 Å². The van der Waals surface area contributed by atoms with Gasteiger partial charge in [-0.05, 0) is 52.9 Å². The smallest absolute Gasteiger partial charge is 0.308 e. The van der Waals surface area contributed by atoms with Crippen LogP contribution in [0.25, 0.3) is 0 Å². The van der Waals surface area contributed by atoms with Crippen LogP contribution in [-0.2, 0) is 14.8 Å². The van der Waals surface area contributed by atoms with E-state index in [2.05, 4.69) is 15.9 Å². The first-order valence-corrected chi connectivity index (χ1v) is 10.9. The Balaban J connectivity index is 2.00. The van der Waals surface area contributed by atoms with E-state index in [0.29, 0.717) is 6.42 Å². The maximum atomic E-state index is 13.1. The van der Waals surface area contributed by atoms with Crippen molar-refractivity contribution < 1.29 is 18.3 Å². The third-order valence-corrected chi connectivity index (χ3v) is 8.72. The minimum Gasteiger partial charge on any atom is -0.481 e. The normalized spacial score (nSPS) is 25.0. The molecule has 1 N–H and O–H groups in total. The Hall–Kier alpha value is -1.22. The highest BCUT2D eigenvalue weighted by Crippen LogP contribution is 2.38. The summed E-state index contributed by atoms with van der Waals surface area (Å²) in [5, 5.41) is 9.61. The molecule has 8 heteroatoms. The van der Waals surface area contributed by atoms with Crippen molar-refractivity contribution in [3.63, 3.8) is 0 Å². The van der Waals surface area contributed by atoms with Gasteiger partial charge in [-0.2, -0.15) is 4.31 Å². The number of sulfonamides is 1. The fraction of sp³-hybridized carbons (Fsp3) is 0.353. The number of carboxylic acid groups (broad SMARTS) is 1. The van der Waals surface area contributed by atoms with Gasteiger partial charge < -0.3 is 5.11 Å². The van der Waals surface area contributed by atoms with Gasteiger partial charge in [0.1, 0.15) is 4.21 Å². The molecular formula is C17H18BrNO4S2. The van der Waals surface area contributed by atoms with E-state index in [-0.39, 0.29) is 16.7 Å². The maximum absolute atomic E-state index is 13.1. The Kier molecular flexibility index (Phi) is 5.34. The summed E-state index contributed by atoms with van der Waals surface area (Å²) < 4.78 is 28.5. The number of benzene rings is 1. The van der Waals surface area contributed by atoms with Crippen LogP contribution in [0.1, 0.15) is 24.8 Å². The van der Waals surface area contributed by atoms with Gasteiger partial charge in [-0.3, -0.25) is 4.79 Å². The molecule has 1 fully saturated rings. The number of nitrogens with zero attached hydrogens (tertiary/aromatic N) is 1. The van der Waals surface area contributed by atoms with Gasteiger partial charge in [-0.1, -0.05) is 30.3 Å². The van der Waals surface area contributed by atoms with Crippen molar-refractivity contribution in [2.75, 3.05) is 6.54 Å². The second kappa shape index (κ2) is 7.19. The van der Waals surface area contributed by atoms with Crippen LogP contribution in [0.4, 0.5) is 0 Å². The summed E-state index contributed by atoms with van der Waals surface area (Å²) in [5.41, 5.74) is 0.966. The summed E-state index contributed by atoms with van der Waals surface area (Å²) in [6.07, 6.45) is 0.431. The van der Waals surface area contributed by atoms with Crippen LogP contribution in [0.2, 0.25) is 0 Å². The molecule has 0 amide bonds. The van der Waals surface area contributed by atoms with Crippen molar-refractivity contribution >= 4 is 43.3 Å². The van der Waals surface area contributed by atoms with E-state index in [1.54, 1.807) is 19.1 Å². The molecule has 0 spiro atoms. The monoisotopic (exact) mass is 443 g/mol. The van der Waals surface area contributed by atoms with Crippen molar-refractivity contribution in [3.8, 4) is 0 Å². The van der Waals surface area contributed by atoms with Gasteiger partial charge in [0, 0.05) is 12.6 Å². The zero-order valence-corrected chi connectivity index (χ0v) is 16.7. The molecule has 134 valence electrons. The van der Waals surface area contributed by atoms with Crippen LogP contribution in [0.3, 0.4) is 0 Å². The second-order valence-electron chi connectivity index (χ2n) is 6.16. The molecule has 5 nitrogen and oxygen atoms in total. The predicted octanol–water partition coefficient (Wildman–Crippen LogP) is 3.78. The number of thiophene rings is 1. The molecule has 0 bridgehead atoms. The van der Waals surface area contributed by atoms with Crippen LogP contribution in [0, 0.1) is 5.92 Å². The Bertz CT molecular complexity index is 866. The summed E-state index contributed by atoms with van der Waals surface area (Å²) in [6, 6.07) is 12.2. The minimum atomic E-state index is -3.74. The summed E-state index contributed by atoms with van der Waals surface area (Å²) in [6.45, 7) is 1.97. The molecule has 2 heterocycles. The fourth-order valence-electron chi connectivity index (χ4n) is 3.30. The van der Waals surface area contributed by atoms with Gasteiger partial charge in [0.2, 0.25) is 0 Å². The van der Waals surface area contributed by atoms with E-state index >= 15 is 0 Å². The molecule has 0 aliphatic carbocycles. The topological polar surface area (TPSA) is 74.7 Å². The first-order valence-electron chi connectivity index (χ1n) is 7.85. The van der Waals surface area contributed by atoms with Crippen LogP contribution < -0.4 is 0 Å². The van der Waals surface area contributed by atoms with Gasteiger partial charge in [-0.15, -0.1) is 11.3 Å². The highest BCUT2D eigenvalue weighted by molar-refractivity contribution is 9.11. The zero-order chi connectivity index (χ0) is 18.2. The standard InChI is InChI=1S/C17H18BrNO4S2/c1-11-14(17(20)21)9-13(12-5-3-2-4-6-12)10-19(11)25(22,23)16-8-7-15(18)24-16/h2-8,11,13-14H,9-10H2,1H3,(H,20,21). The lowest BCUT2D eigenvalue weighted by molar-refractivity contribution is -0.144. The van der Waals surface area contributed by atoms with Crippen LogP contribution in [0.5, 0.6) is 0 Å². The largest absolute Gasteiger partial charge is 0.481 e. The van der Waals surface area contributed by atoms with Crippen LogP contribution in [0.15, 0.2) is 50.5 Å². The minimum absolute atomic E-state index is 0.142. The van der Waals surface area contributed by atoms with E-state index in [1.165, 1.54) is 4.31 Å². The molecule has 1 aromatic carbocycles. The predicted molar refractivity (Wildman–Crippen MR) is 100 cm³/mol. The van der Waals surface area contributed by atoms with Gasteiger partial charge in [0.05, 0.1) is 9.70 Å². The van der Waals surface area contributed by atoms with Crippen molar-refractivity contribution in [2.45, 2.75) is 29.5 Å². The van der Waals surface area contributed by atoms with Crippen molar-refractivity contribution in [1.29, 1.82) is 0 Å². The average Bonchev–Trinajstić information content (AvgIpc) is 3.02. The zero-order valence-electron chi connectivity index (χ0n) is 13.5. The molecule has 1 aromatic heterocycles. The molecule has 3 unspecified atom stereocenters. The van der Waals surface area contributed by atoms with E-state index in [4.69, 9.17) is 0 Å². The number of piperidine rings is 1. The van der Waals surface area contributed by atoms with Crippen molar-refractivity contribution in [2.24, 2.45) is 5.92 Å². The summed E-state index contributed by atoms with van der Waals surface area (Å²) in [5.74, 6) is -1.84. The third kappa shape index (κ3) is 3.67. The van der Waals surface area contributed by atoms with E-state index < -0.39 is 28.0 Å². The molecule has 25 heavy (non-hydrogen) atoms. The lowest BCUT2D eigenvalue weighted by Gasteiger charge is -2.40. The number of aliphatic carboxylic acids is 1. The Morgan fingerprint density at radius 1 is 1.24 bits per heavy atom. The van der Waals surface area contributed by atoms with Gasteiger partial charge >= 0.3 is 5.97 Å². The lowest BCUT2D eigenvalue weighted by Crippen LogP contribution is -2.51. The van der Waals surface area contributed by atoms with Crippen LogP contribution >= 0.6 is 27.3 Å². The van der Waals surface area contributed by atoms with Crippen LogP contribution in [-0.4, -0.2) is 36.4 Å². The first kappa shape index (κ1) is 18.6. The number of hydrogen-bond acceptors (Lipinski definition) is 4. The molecule has 3 atom stereocenters. The molecular weight excluding hydrogens is 426 g/mol. The van der Waals surface area contributed by atoms with Crippen molar-refractivity contribution in [1.82, 2.24) is 4.31 Å². The molecule has 1 saturated heterocycles. The van der Waals surface area contributed by atoms with Crippen molar-refractivity contribution in [3.05, 3.63) is 51.8 Å². The SMILES string of the molecule is CC1C(C(=O)O)CC(c2ccccc2)CN1S(=O)(=O)c1ccc(Br)s1. The molecule has 0 saturated carbocycles. The van der Waals surface area contributed by atoms with E-state index in [1.807, 2.05) is 30.3 Å². The highest BCUT2D eigenvalue weighted by atomic mass is 79.9. The lowest BCUT2D eigenvalue weighted by atomic mass is 9.82. The quantitative estimate of drug-likeness (QED) is 0.779. The molecule has 1 aliphatic heterocycles. The number of carbonyl (C=O) groups is 1. The number of hydrogen-bond donors (Lipinski definition) is 1. The number of carboxylic acids is 1. The Morgan fingerprint density at radius 3 is 2.48 bits per heavy atom. The van der Waals surface area contributed by atoms with E-state index in [9.17, 15) is 18.3 Å². The summed E-state index contributed by atoms with van der Waals surface area (Å²) >= 11 is 4.43. The average molecular weight is 444 g/mol. The fourth-order valence-corrected chi connectivity index (χ4v) is 7.16. The molecule has 1 aliphatic rings. The van der Waals surface area contributed by atoms with E-state index in [0.717, 1.165) is 20.7 Å². The summed E-state index contributed by atoms with van der Waals surface area (Å²) in [7, 11) is -3.74. The second-order valence-corrected chi connectivity index (χ2v) is 10.7. The van der Waals surface area contributed by atoms with Gasteiger partial charge in [-0.25, -0.2) is 8.42 Å². The molecule has 2 aromatic rings.